The summed E-state index contributed by atoms with van der Waals surface area (Å²) in [6.07, 6.45) is 3.41. The van der Waals surface area contributed by atoms with E-state index in [9.17, 15) is 0 Å². The summed E-state index contributed by atoms with van der Waals surface area (Å²) in [5.41, 5.74) is 0.371. The van der Waals surface area contributed by atoms with Crippen molar-refractivity contribution < 1.29 is 0 Å². The highest BCUT2D eigenvalue weighted by atomic mass is 15.3. The zero-order chi connectivity index (χ0) is 13.3. The van der Waals surface area contributed by atoms with Crippen LogP contribution in [0, 0.1) is 16.9 Å². The maximum Gasteiger partial charge on any atom is 0.179 e. The summed E-state index contributed by atoms with van der Waals surface area (Å²) >= 11 is 0. The number of rotatable bonds is 0. The molecule has 0 radical (unpaired) electrons. The van der Waals surface area contributed by atoms with Gasteiger partial charge in [-0.1, -0.05) is 20.8 Å². The Morgan fingerprint density at radius 1 is 1.06 bits per heavy atom. The Balaban J connectivity index is 2.99. The monoisotopic (exact) mass is 237 g/mol. The SMILES string of the molecule is CC(C)(C)[C@@H]1CN(C#N)CCCN1C(C)(C)C. The van der Waals surface area contributed by atoms with Gasteiger partial charge in [-0.25, -0.2) is 0 Å². The molecule has 98 valence electrons. The molecule has 0 aromatic heterocycles. The zero-order valence-electron chi connectivity index (χ0n) is 12.2. The van der Waals surface area contributed by atoms with E-state index in [0.717, 1.165) is 26.1 Å². The lowest BCUT2D eigenvalue weighted by molar-refractivity contribution is 0.0243. The molecule has 1 aliphatic rings. The first kappa shape index (κ1) is 14.3. The van der Waals surface area contributed by atoms with Crippen LogP contribution in [-0.4, -0.2) is 41.0 Å². The summed E-state index contributed by atoms with van der Waals surface area (Å²) in [5, 5.41) is 9.15. The molecule has 0 aromatic rings. The van der Waals surface area contributed by atoms with Gasteiger partial charge in [0.25, 0.3) is 0 Å². The van der Waals surface area contributed by atoms with E-state index in [1.165, 1.54) is 0 Å². The van der Waals surface area contributed by atoms with E-state index in [2.05, 4.69) is 52.6 Å². The van der Waals surface area contributed by atoms with Gasteiger partial charge >= 0.3 is 0 Å². The van der Waals surface area contributed by atoms with E-state index in [1.807, 2.05) is 4.90 Å². The second-order valence-electron chi connectivity index (χ2n) is 7.15. The first-order chi connectivity index (χ1) is 7.66. The second kappa shape index (κ2) is 4.86. The Kier molecular flexibility index (Phi) is 4.09. The normalized spacial score (nSPS) is 24.3. The fourth-order valence-corrected chi connectivity index (χ4v) is 2.62. The molecule has 1 atom stereocenters. The number of nitrogens with zero attached hydrogens (tertiary/aromatic N) is 3. The Labute approximate surface area is 106 Å². The third-order valence-corrected chi connectivity index (χ3v) is 3.60. The summed E-state index contributed by atoms with van der Waals surface area (Å²) in [4.78, 5) is 4.49. The molecule has 0 unspecified atom stereocenters. The van der Waals surface area contributed by atoms with Gasteiger partial charge in [-0.05, 0) is 32.6 Å². The fourth-order valence-electron chi connectivity index (χ4n) is 2.62. The average Bonchev–Trinajstić information content (AvgIpc) is 2.37. The van der Waals surface area contributed by atoms with Crippen molar-refractivity contribution in [1.82, 2.24) is 9.80 Å². The molecular weight excluding hydrogens is 210 g/mol. The van der Waals surface area contributed by atoms with Gasteiger partial charge in [-0.2, -0.15) is 5.26 Å². The molecule has 0 bridgehead atoms. The van der Waals surface area contributed by atoms with Crippen molar-refractivity contribution in [2.24, 2.45) is 5.41 Å². The summed E-state index contributed by atoms with van der Waals surface area (Å²) in [7, 11) is 0. The smallest absolute Gasteiger partial charge is 0.179 e. The molecule has 0 spiro atoms. The molecule has 0 aromatic carbocycles. The molecule has 1 fully saturated rings. The average molecular weight is 237 g/mol. The summed E-state index contributed by atoms with van der Waals surface area (Å²) in [5.74, 6) is 0. The highest BCUT2D eigenvalue weighted by Crippen LogP contribution is 2.31. The third kappa shape index (κ3) is 3.61. The third-order valence-electron chi connectivity index (χ3n) is 3.60. The van der Waals surface area contributed by atoms with Crippen LogP contribution in [0.15, 0.2) is 0 Å². The molecule has 1 heterocycles. The van der Waals surface area contributed by atoms with Gasteiger partial charge in [0, 0.05) is 31.2 Å². The van der Waals surface area contributed by atoms with Crippen LogP contribution in [0.1, 0.15) is 48.0 Å². The lowest BCUT2D eigenvalue weighted by Gasteiger charge is -2.46. The van der Waals surface area contributed by atoms with Gasteiger partial charge in [-0.15, -0.1) is 0 Å². The van der Waals surface area contributed by atoms with Gasteiger partial charge in [0.15, 0.2) is 6.19 Å². The van der Waals surface area contributed by atoms with E-state index in [1.54, 1.807) is 0 Å². The lowest BCUT2D eigenvalue weighted by Crippen LogP contribution is -2.55. The second-order valence-corrected chi connectivity index (χ2v) is 7.15. The van der Waals surface area contributed by atoms with Crippen LogP contribution >= 0.6 is 0 Å². The number of nitriles is 1. The number of hydrogen-bond donors (Lipinski definition) is 0. The quantitative estimate of drug-likeness (QED) is 0.607. The van der Waals surface area contributed by atoms with E-state index in [-0.39, 0.29) is 11.0 Å². The molecule has 3 heteroatoms. The summed E-state index contributed by atoms with van der Waals surface area (Å²) in [6.45, 7) is 16.5. The van der Waals surface area contributed by atoms with Crippen LogP contribution < -0.4 is 0 Å². The van der Waals surface area contributed by atoms with Crippen LogP contribution in [0.5, 0.6) is 0 Å². The van der Waals surface area contributed by atoms with E-state index in [0.29, 0.717) is 6.04 Å². The fraction of sp³-hybridized carbons (Fsp3) is 0.929. The Morgan fingerprint density at radius 3 is 2.06 bits per heavy atom. The molecule has 0 aliphatic carbocycles. The predicted octanol–water partition coefficient (Wildman–Crippen LogP) is 2.69. The van der Waals surface area contributed by atoms with Crippen LogP contribution in [0.4, 0.5) is 0 Å². The number of hydrogen-bond acceptors (Lipinski definition) is 3. The standard InChI is InChI=1S/C14H27N3/c1-13(2,3)12-10-16(11-15)8-7-9-17(12)14(4,5)6/h12H,7-10H2,1-6H3/t12-/m0/s1. The molecule has 1 saturated heterocycles. The molecule has 0 saturated carbocycles. The van der Waals surface area contributed by atoms with E-state index in [4.69, 9.17) is 5.26 Å². The van der Waals surface area contributed by atoms with Gasteiger partial charge in [-0.3, -0.25) is 4.90 Å². The first-order valence-electron chi connectivity index (χ1n) is 6.57. The van der Waals surface area contributed by atoms with Crippen molar-refractivity contribution in [2.45, 2.75) is 59.5 Å². The van der Waals surface area contributed by atoms with Crippen molar-refractivity contribution in [1.29, 1.82) is 5.26 Å². The lowest BCUT2D eigenvalue weighted by atomic mass is 9.83. The van der Waals surface area contributed by atoms with Crippen LogP contribution in [0.3, 0.4) is 0 Å². The largest absolute Gasteiger partial charge is 0.309 e. The van der Waals surface area contributed by atoms with Gasteiger partial charge < -0.3 is 4.90 Å². The Bertz CT molecular complexity index is 290. The highest BCUT2D eigenvalue weighted by molar-refractivity contribution is 4.95. The Morgan fingerprint density at radius 2 is 1.65 bits per heavy atom. The molecule has 3 nitrogen and oxygen atoms in total. The minimum absolute atomic E-state index is 0.170. The minimum Gasteiger partial charge on any atom is -0.309 e. The minimum atomic E-state index is 0.170. The highest BCUT2D eigenvalue weighted by Gasteiger charge is 2.38. The van der Waals surface area contributed by atoms with Crippen LogP contribution in [0.2, 0.25) is 0 Å². The van der Waals surface area contributed by atoms with Crippen LogP contribution in [0.25, 0.3) is 0 Å². The molecule has 17 heavy (non-hydrogen) atoms. The van der Waals surface area contributed by atoms with Crippen molar-refractivity contribution in [3.63, 3.8) is 0 Å². The van der Waals surface area contributed by atoms with E-state index < -0.39 is 0 Å². The predicted molar refractivity (Wildman–Crippen MR) is 71.5 cm³/mol. The topological polar surface area (TPSA) is 30.3 Å². The first-order valence-corrected chi connectivity index (χ1v) is 6.57. The molecule has 0 N–H and O–H groups in total. The molecule has 0 amide bonds. The summed E-state index contributed by atoms with van der Waals surface area (Å²) in [6, 6.07) is 0.435. The van der Waals surface area contributed by atoms with Crippen molar-refractivity contribution in [3.8, 4) is 6.19 Å². The maximum atomic E-state index is 9.15. The zero-order valence-corrected chi connectivity index (χ0v) is 12.2. The molecule has 1 rings (SSSR count). The van der Waals surface area contributed by atoms with Crippen molar-refractivity contribution in [3.05, 3.63) is 0 Å². The molecular formula is C14H27N3. The maximum absolute atomic E-state index is 9.15. The van der Waals surface area contributed by atoms with Gasteiger partial charge in [0.2, 0.25) is 0 Å². The van der Waals surface area contributed by atoms with Crippen molar-refractivity contribution in [2.75, 3.05) is 19.6 Å². The van der Waals surface area contributed by atoms with Crippen molar-refractivity contribution >= 4 is 0 Å². The van der Waals surface area contributed by atoms with E-state index >= 15 is 0 Å². The van der Waals surface area contributed by atoms with Crippen LogP contribution in [-0.2, 0) is 0 Å². The Hall–Kier alpha value is -0.750. The van der Waals surface area contributed by atoms with Gasteiger partial charge in [0.05, 0.1) is 0 Å². The molecule has 1 aliphatic heterocycles. The van der Waals surface area contributed by atoms with Gasteiger partial charge in [0.1, 0.15) is 0 Å². The summed E-state index contributed by atoms with van der Waals surface area (Å²) < 4.78 is 0.